The lowest BCUT2D eigenvalue weighted by atomic mass is 10.1. The molecule has 0 fully saturated rings. The normalized spacial score (nSPS) is 10.5. The molecule has 1 aromatic heterocycles. The number of hydrogen-bond donors (Lipinski definition) is 3. The van der Waals surface area contributed by atoms with Gasteiger partial charge in [-0.25, -0.2) is 0 Å². The van der Waals surface area contributed by atoms with Crippen LogP contribution in [0.25, 0.3) is 10.9 Å². The SMILES string of the molecule is O=C(Nc1cnc2ccccc2c1)c1ccc(O)c(O)c1. The van der Waals surface area contributed by atoms with Crippen LogP contribution in [0, 0.1) is 0 Å². The summed E-state index contributed by atoms with van der Waals surface area (Å²) in [5.41, 5.74) is 1.66. The number of nitrogens with zero attached hydrogens (tertiary/aromatic N) is 1. The van der Waals surface area contributed by atoms with E-state index < -0.39 is 0 Å². The van der Waals surface area contributed by atoms with E-state index in [0.717, 1.165) is 10.9 Å². The van der Waals surface area contributed by atoms with Gasteiger partial charge in [0.15, 0.2) is 11.5 Å². The van der Waals surface area contributed by atoms with Gasteiger partial charge in [-0.2, -0.15) is 0 Å². The second kappa shape index (κ2) is 5.13. The van der Waals surface area contributed by atoms with Gasteiger partial charge < -0.3 is 15.5 Å². The van der Waals surface area contributed by atoms with Crippen molar-refractivity contribution >= 4 is 22.5 Å². The molecule has 3 N–H and O–H groups in total. The number of aromatic nitrogens is 1. The molecule has 0 radical (unpaired) electrons. The predicted molar refractivity (Wildman–Crippen MR) is 79.5 cm³/mol. The third-order valence-electron chi connectivity index (χ3n) is 3.09. The highest BCUT2D eigenvalue weighted by Gasteiger charge is 2.09. The highest BCUT2D eigenvalue weighted by molar-refractivity contribution is 6.05. The van der Waals surface area contributed by atoms with E-state index in [9.17, 15) is 15.0 Å². The van der Waals surface area contributed by atoms with Gasteiger partial charge in [0.05, 0.1) is 17.4 Å². The number of aromatic hydroxyl groups is 2. The number of phenolic OH excluding ortho intramolecular Hbond substituents is 2. The van der Waals surface area contributed by atoms with E-state index in [2.05, 4.69) is 10.3 Å². The van der Waals surface area contributed by atoms with Gasteiger partial charge in [0.25, 0.3) is 5.91 Å². The molecule has 104 valence electrons. The Hall–Kier alpha value is -3.08. The molecule has 0 aliphatic rings. The van der Waals surface area contributed by atoms with Crippen LogP contribution in [0.4, 0.5) is 5.69 Å². The first-order valence-corrected chi connectivity index (χ1v) is 6.31. The molecule has 0 spiro atoms. The summed E-state index contributed by atoms with van der Waals surface area (Å²) in [5.74, 6) is -0.986. The summed E-state index contributed by atoms with van der Waals surface area (Å²) in [6.07, 6.45) is 1.57. The van der Waals surface area contributed by atoms with Crippen LogP contribution in [-0.2, 0) is 0 Å². The Morgan fingerprint density at radius 1 is 1.00 bits per heavy atom. The van der Waals surface area contributed by atoms with Crippen LogP contribution < -0.4 is 5.32 Å². The number of para-hydroxylation sites is 1. The van der Waals surface area contributed by atoms with Gasteiger partial charge in [0, 0.05) is 10.9 Å². The van der Waals surface area contributed by atoms with Crippen molar-refractivity contribution in [1.82, 2.24) is 4.98 Å². The van der Waals surface area contributed by atoms with Gasteiger partial charge in [-0.1, -0.05) is 18.2 Å². The largest absolute Gasteiger partial charge is 0.504 e. The Bertz CT molecular complexity index is 831. The predicted octanol–water partition coefficient (Wildman–Crippen LogP) is 2.90. The zero-order valence-corrected chi connectivity index (χ0v) is 10.9. The minimum absolute atomic E-state index is 0.249. The van der Waals surface area contributed by atoms with Gasteiger partial charge in [-0.3, -0.25) is 9.78 Å². The summed E-state index contributed by atoms with van der Waals surface area (Å²) in [6.45, 7) is 0. The molecule has 3 rings (SSSR count). The molecule has 0 aliphatic carbocycles. The molecule has 1 heterocycles. The zero-order chi connectivity index (χ0) is 14.8. The maximum atomic E-state index is 12.1. The Kier molecular flexibility index (Phi) is 3.16. The molecule has 1 amide bonds. The highest BCUT2D eigenvalue weighted by Crippen LogP contribution is 2.25. The van der Waals surface area contributed by atoms with Crippen molar-refractivity contribution in [2.24, 2.45) is 0 Å². The van der Waals surface area contributed by atoms with Gasteiger partial charge in [-0.15, -0.1) is 0 Å². The van der Waals surface area contributed by atoms with Crippen LogP contribution in [-0.4, -0.2) is 21.1 Å². The highest BCUT2D eigenvalue weighted by atomic mass is 16.3. The van der Waals surface area contributed by atoms with E-state index in [4.69, 9.17) is 0 Å². The fourth-order valence-electron chi connectivity index (χ4n) is 2.01. The van der Waals surface area contributed by atoms with E-state index in [0.29, 0.717) is 5.69 Å². The molecule has 0 aliphatic heterocycles. The number of rotatable bonds is 2. The Labute approximate surface area is 120 Å². The van der Waals surface area contributed by atoms with E-state index >= 15 is 0 Å². The van der Waals surface area contributed by atoms with Crippen molar-refractivity contribution in [2.75, 3.05) is 5.32 Å². The standard InChI is InChI=1S/C16H12N2O3/c19-14-6-5-11(8-15(14)20)16(21)18-12-7-10-3-1-2-4-13(10)17-9-12/h1-9,19-20H,(H,18,21). The Balaban J connectivity index is 1.87. The number of pyridine rings is 1. The first-order chi connectivity index (χ1) is 10.1. The number of hydrogen-bond acceptors (Lipinski definition) is 4. The number of phenols is 2. The van der Waals surface area contributed by atoms with Crippen molar-refractivity contribution in [2.45, 2.75) is 0 Å². The van der Waals surface area contributed by atoms with E-state index in [1.165, 1.54) is 18.2 Å². The molecular weight excluding hydrogens is 268 g/mol. The number of nitrogens with one attached hydrogen (secondary N) is 1. The number of anilines is 1. The fourth-order valence-corrected chi connectivity index (χ4v) is 2.01. The quantitative estimate of drug-likeness (QED) is 0.630. The minimum Gasteiger partial charge on any atom is -0.504 e. The average molecular weight is 280 g/mol. The van der Waals surface area contributed by atoms with E-state index in [1.54, 1.807) is 6.20 Å². The first-order valence-electron chi connectivity index (χ1n) is 6.31. The van der Waals surface area contributed by atoms with Crippen LogP contribution in [0.15, 0.2) is 54.7 Å². The lowest BCUT2D eigenvalue weighted by Crippen LogP contribution is -2.11. The number of amides is 1. The third-order valence-corrected chi connectivity index (χ3v) is 3.09. The number of carbonyl (C=O) groups is 1. The number of benzene rings is 2. The van der Waals surface area contributed by atoms with Crippen LogP contribution in [0.5, 0.6) is 11.5 Å². The lowest BCUT2D eigenvalue weighted by Gasteiger charge is -2.07. The molecule has 0 saturated heterocycles. The van der Waals surface area contributed by atoms with Crippen molar-refractivity contribution in [1.29, 1.82) is 0 Å². The second-order valence-electron chi connectivity index (χ2n) is 4.57. The maximum Gasteiger partial charge on any atom is 0.255 e. The van der Waals surface area contributed by atoms with Crippen LogP contribution in [0.3, 0.4) is 0 Å². The minimum atomic E-state index is -0.387. The molecule has 5 heteroatoms. The summed E-state index contributed by atoms with van der Waals surface area (Å²) in [6, 6.07) is 13.3. The van der Waals surface area contributed by atoms with Crippen LogP contribution in [0.2, 0.25) is 0 Å². The van der Waals surface area contributed by atoms with Crippen molar-refractivity contribution in [3.63, 3.8) is 0 Å². The molecule has 0 unspecified atom stereocenters. The smallest absolute Gasteiger partial charge is 0.255 e. The monoisotopic (exact) mass is 280 g/mol. The maximum absolute atomic E-state index is 12.1. The van der Waals surface area contributed by atoms with Gasteiger partial charge in [-0.05, 0) is 30.3 Å². The fraction of sp³-hybridized carbons (Fsp3) is 0. The third kappa shape index (κ3) is 2.62. The summed E-state index contributed by atoms with van der Waals surface area (Å²) in [5, 5.41) is 22.3. The zero-order valence-electron chi connectivity index (χ0n) is 10.9. The molecular formula is C16H12N2O3. The number of fused-ring (bicyclic) bond motifs is 1. The van der Waals surface area contributed by atoms with Crippen molar-refractivity contribution in [3.8, 4) is 11.5 Å². The first kappa shape index (κ1) is 12.9. The summed E-state index contributed by atoms with van der Waals surface area (Å²) >= 11 is 0. The van der Waals surface area contributed by atoms with Gasteiger partial charge in [0.2, 0.25) is 0 Å². The average Bonchev–Trinajstić information content (AvgIpc) is 2.50. The lowest BCUT2D eigenvalue weighted by molar-refractivity contribution is 0.102. The molecule has 5 nitrogen and oxygen atoms in total. The second-order valence-corrected chi connectivity index (χ2v) is 4.57. The number of carbonyl (C=O) groups excluding carboxylic acids is 1. The van der Waals surface area contributed by atoms with Gasteiger partial charge in [0.1, 0.15) is 0 Å². The Morgan fingerprint density at radius 2 is 1.81 bits per heavy atom. The van der Waals surface area contributed by atoms with Crippen molar-refractivity contribution < 1.29 is 15.0 Å². The summed E-state index contributed by atoms with van der Waals surface area (Å²) < 4.78 is 0. The van der Waals surface area contributed by atoms with Crippen LogP contribution >= 0.6 is 0 Å². The van der Waals surface area contributed by atoms with Gasteiger partial charge >= 0.3 is 0 Å². The molecule has 0 atom stereocenters. The molecule has 0 saturated carbocycles. The van der Waals surface area contributed by atoms with E-state index in [1.807, 2.05) is 30.3 Å². The molecule has 2 aromatic carbocycles. The summed E-state index contributed by atoms with van der Waals surface area (Å²) in [7, 11) is 0. The topological polar surface area (TPSA) is 82.5 Å². The molecule has 21 heavy (non-hydrogen) atoms. The Morgan fingerprint density at radius 3 is 2.62 bits per heavy atom. The van der Waals surface area contributed by atoms with Crippen LogP contribution in [0.1, 0.15) is 10.4 Å². The molecule has 3 aromatic rings. The summed E-state index contributed by atoms with van der Waals surface area (Å²) in [4.78, 5) is 16.3. The van der Waals surface area contributed by atoms with E-state index in [-0.39, 0.29) is 23.0 Å². The van der Waals surface area contributed by atoms with Crippen molar-refractivity contribution in [3.05, 3.63) is 60.3 Å². The molecule has 0 bridgehead atoms.